The van der Waals surface area contributed by atoms with Crippen LogP contribution in [0.4, 0.5) is 0 Å². The van der Waals surface area contributed by atoms with Gasteiger partial charge in [-0.05, 0) is 66.1 Å². The summed E-state index contributed by atoms with van der Waals surface area (Å²) < 4.78 is 1.32. The molecule has 0 atom stereocenters. The van der Waals surface area contributed by atoms with Gasteiger partial charge in [0.1, 0.15) is 0 Å². The van der Waals surface area contributed by atoms with Gasteiger partial charge in [0.15, 0.2) is 0 Å². The summed E-state index contributed by atoms with van der Waals surface area (Å²) in [6.07, 6.45) is 3.92. The van der Waals surface area contributed by atoms with Crippen LogP contribution in [0.3, 0.4) is 0 Å². The fraction of sp³-hybridized carbons (Fsp3) is 0.455. The lowest BCUT2D eigenvalue weighted by molar-refractivity contribution is 0.682. The first-order valence-electron chi connectivity index (χ1n) is 4.82. The summed E-state index contributed by atoms with van der Waals surface area (Å²) in [6.45, 7) is 1.13. The van der Waals surface area contributed by atoms with Crippen LogP contribution in [0.2, 0.25) is 0 Å². The van der Waals surface area contributed by atoms with Gasteiger partial charge in [0, 0.05) is 9.61 Å². The molecule has 1 nitrogen and oxygen atoms in total. The van der Waals surface area contributed by atoms with E-state index in [-0.39, 0.29) is 0 Å². The Labute approximate surface area is 93.1 Å². The van der Waals surface area contributed by atoms with Gasteiger partial charge in [0.05, 0.1) is 0 Å². The molecule has 1 saturated carbocycles. The summed E-state index contributed by atoms with van der Waals surface area (Å²) in [7, 11) is 0. The highest BCUT2D eigenvalue weighted by Crippen LogP contribution is 2.18. The van der Waals surface area contributed by atoms with Gasteiger partial charge in [0.2, 0.25) is 0 Å². The van der Waals surface area contributed by atoms with Gasteiger partial charge in [-0.2, -0.15) is 0 Å². The quantitative estimate of drug-likeness (QED) is 0.839. The highest BCUT2D eigenvalue weighted by molar-refractivity contribution is 14.1. The van der Waals surface area contributed by atoms with Crippen molar-refractivity contribution in [2.24, 2.45) is 0 Å². The van der Waals surface area contributed by atoms with Gasteiger partial charge in [0.25, 0.3) is 0 Å². The van der Waals surface area contributed by atoms with Crippen LogP contribution in [-0.4, -0.2) is 12.6 Å². The molecule has 0 bridgehead atoms. The Hall–Kier alpha value is -0.0900. The molecule has 13 heavy (non-hydrogen) atoms. The fourth-order valence-corrected chi connectivity index (χ4v) is 1.72. The predicted octanol–water partition coefficient (Wildman–Crippen LogP) is 2.59. The monoisotopic (exact) mass is 287 g/mol. The van der Waals surface area contributed by atoms with Gasteiger partial charge >= 0.3 is 0 Å². The van der Waals surface area contributed by atoms with E-state index in [4.69, 9.17) is 0 Å². The number of benzene rings is 1. The summed E-state index contributed by atoms with van der Waals surface area (Å²) in [6, 6.07) is 9.62. The fourth-order valence-electron chi connectivity index (χ4n) is 1.36. The topological polar surface area (TPSA) is 12.0 Å². The minimum absolute atomic E-state index is 0.837. The Kier molecular flexibility index (Phi) is 3.22. The molecule has 1 N–H and O–H groups in total. The molecule has 0 aliphatic heterocycles. The Bertz CT molecular complexity index is 264. The SMILES string of the molecule is Ic1ccc(CCNC2CC2)cc1. The van der Waals surface area contributed by atoms with Gasteiger partial charge < -0.3 is 5.32 Å². The Morgan fingerprint density at radius 2 is 1.92 bits per heavy atom. The van der Waals surface area contributed by atoms with E-state index in [1.165, 1.54) is 22.0 Å². The van der Waals surface area contributed by atoms with E-state index in [1.54, 1.807) is 0 Å². The van der Waals surface area contributed by atoms with Crippen LogP contribution in [0.15, 0.2) is 24.3 Å². The third kappa shape index (κ3) is 3.27. The maximum absolute atomic E-state index is 3.52. The van der Waals surface area contributed by atoms with E-state index in [1.807, 2.05) is 0 Å². The molecular weight excluding hydrogens is 273 g/mol. The van der Waals surface area contributed by atoms with Crippen molar-refractivity contribution in [2.45, 2.75) is 25.3 Å². The summed E-state index contributed by atoms with van der Waals surface area (Å²) in [5.74, 6) is 0. The molecule has 0 heterocycles. The molecule has 0 amide bonds. The molecule has 1 aliphatic rings. The minimum atomic E-state index is 0.837. The second-order valence-electron chi connectivity index (χ2n) is 3.60. The molecule has 2 heteroatoms. The maximum Gasteiger partial charge on any atom is 0.0130 e. The first kappa shape index (κ1) is 9.46. The van der Waals surface area contributed by atoms with E-state index in [0.29, 0.717) is 0 Å². The first-order chi connectivity index (χ1) is 6.34. The van der Waals surface area contributed by atoms with Crippen molar-refractivity contribution in [2.75, 3.05) is 6.54 Å². The zero-order valence-electron chi connectivity index (χ0n) is 7.59. The Morgan fingerprint density at radius 1 is 1.23 bits per heavy atom. The van der Waals surface area contributed by atoms with E-state index in [9.17, 15) is 0 Å². The van der Waals surface area contributed by atoms with Crippen LogP contribution in [0, 0.1) is 3.57 Å². The Morgan fingerprint density at radius 3 is 2.54 bits per heavy atom. The molecule has 0 aromatic heterocycles. The van der Waals surface area contributed by atoms with Crippen LogP contribution in [-0.2, 0) is 6.42 Å². The summed E-state index contributed by atoms with van der Waals surface area (Å²) in [5, 5.41) is 3.52. The molecule has 1 aliphatic carbocycles. The predicted molar refractivity (Wildman–Crippen MR) is 63.9 cm³/mol. The second-order valence-corrected chi connectivity index (χ2v) is 4.85. The number of hydrogen-bond acceptors (Lipinski definition) is 1. The third-order valence-electron chi connectivity index (χ3n) is 2.34. The second kappa shape index (κ2) is 4.42. The normalized spacial score (nSPS) is 16.1. The zero-order valence-corrected chi connectivity index (χ0v) is 9.75. The van der Waals surface area contributed by atoms with Crippen LogP contribution < -0.4 is 5.32 Å². The van der Waals surface area contributed by atoms with E-state index < -0.39 is 0 Å². The van der Waals surface area contributed by atoms with Gasteiger partial charge in [-0.25, -0.2) is 0 Å². The molecule has 0 saturated heterocycles. The third-order valence-corrected chi connectivity index (χ3v) is 3.06. The molecule has 70 valence electrons. The molecule has 1 aromatic rings. The average molecular weight is 287 g/mol. The van der Waals surface area contributed by atoms with Crippen LogP contribution in [0.1, 0.15) is 18.4 Å². The van der Waals surface area contributed by atoms with Crippen molar-refractivity contribution < 1.29 is 0 Å². The van der Waals surface area contributed by atoms with Crippen LogP contribution in [0.5, 0.6) is 0 Å². The van der Waals surface area contributed by atoms with Gasteiger partial charge in [-0.1, -0.05) is 12.1 Å². The largest absolute Gasteiger partial charge is 0.314 e. The molecule has 0 radical (unpaired) electrons. The Balaban J connectivity index is 1.76. The molecule has 2 rings (SSSR count). The number of nitrogens with one attached hydrogen (secondary N) is 1. The molecule has 0 unspecified atom stereocenters. The smallest absolute Gasteiger partial charge is 0.0130 e. The van der Waals surface area contributed by atoms with E-state index >= 15 is 0 Å². The van der Waals surface area contributed by atoms with Crippen molar-refractivity contribution in [3.05, 3.63) is 33.4 Å². The number of halogens is 1. The highest BCUT2D eigenvalue weighted by Gasteiger charge is 2.19. The first-order valence-corrected chi connectivity index (χ1v) is 5.90. The molecule has 0 spiro atoms. The average Bonchev–Trinajstić information content (AvgIpc) is 2.92. The van der Waals surface area contributed by atoms with Crippen molar-refractivity contribution in [1.29, 1.82) is 0 Å². The standard InChI is InChI=1S/C11H14IN/c12-10-3-1-9(2-4-10)7-8-13-11-5-6-11/h1-4,11,13H,5-8H2. The molecular formula is C11H14IN. The van der Waals surface area contributed by atoms with Crippen molar-refractivity contribution in [1.82, 2.24) is 5.32 Å². The van der Waals surface area contributed by atoms with Crippen LogP contribution in [0.25, 0.3) is 0 Å². The van der Waals surface area contributed by atoms with Crippen LogP contribution >= 0.6 is 22.6 Å². The number of hydrogen-bond donors (Lipinski definition) is 1. The summed E-state index contributed by atoms with van der Waals surface area (Å²) in [4.78, 5) is 0. The lowest BCUT2D eigenvalue weighted by Gasteiger charge is -2.02. The lowest BCUT2D eigenvalue weighted by atomic mass is 10.1. The summed E-state index contributed by atoms with van der Waals surface area (Å²) in [5.41, 5.74) is 1.44. The van der Waals surface area contributed by atoms with Crippen molar-refractivity contribution in [3.8, 4) is 0 Å². The summed E-state index contributed by atoms with van der Waals surface area (Å²) >= 11 is 2.34. The zero-order chi connectivity index (χ0) is 9.10. The lowest BCUT2D eigenvalue weighted by Crippen LogP contribution is -2.19. The van der Waals surface area contributed by atoms with Gasteiger partial charge in [-0.3, -0.25) is 0 Å². The minimum Gasteiger partial charge on any atom is -0.314 e. The molecule has 1 aromatic carbocycles. The molecule has 1 fully saturated rings. The number of rotatable bonds is 4. The highest BCUT2D eigenvalue weighted by atomic mass is 127. The van der Waals surface area contributed by atoms with Gasteiger partial charge in [-0.15, -0.1) is 0 Å². The van der Waals surface area contributed by atoms with Crippen molar-refractivity contribution >= 4 is 22.6 Å². The van der Waals surface area contributed by atoms with Crippen molar-refractivity contribution in [3.63, 3.8) is 0 Å². The maximum atomic E-state index is 3.52. The van der Waals surface area contributed by atoms with E-state index in [0.717, 1.165) is 19.0 Å². The van der Waals surface area contributed by atoms with E-state index in [2.05, 4.69) is 52.2 Å².